The van der Waals surface area contributed by atoms with Crippen LogP contribution in [0, 0.1) is 88.8 Å². The molecule has 6 N–H and O–H groups in total. The third kappa shape index (κ3) is 34.4. The van der Waals surface area contributed by atoms with Crippen molar-refractivity contribution in [2.75, 3.05) is 80.0 Å². The second-order valence-corrected chi connectivity index (χ2v) is 32.1. The van der Waals surface area contributed by atoms with Gasteiger partial charge in [-0.1, -0.05) is 166 Å². The minimum Gasteiger partial charge on any atom is -0.339 e. The fourth-order valence-corrected chi connectivity index (χ4v) is 11.6. The van der Waals surface area contributed by atoms with Gasteiger partial charge < -0.3 is 76.0 Å². The second-order valence-electron chi connectivity index (χ2n) is 32.1. The lowest BCUT2D eigenvalue weighted by Crippen LogP contribution is -2.61. The Kier molecular flexibility index (Phi) is 42.4. The Morgan fingerprint density at radius 2 is 0.429 bits per heavy atom. The molecule has 600 valence electrons. The maximum Gasteiger partial charge on any atom is 0.228 e. The zero-order valence-electron chi connectivity index (χ0n) is 68.2. The molecule has 0 aromatic carbocycles. The van der Waals surface area contributed by atoms with Crippen molar-refractivity contribution in [2.45, 2.75) is 224 Å². The number of nitrogens with zero attached hydrogens (tertiary/aromatic N) is 9. The van der Waals surface area contributed by atoms with Gasteiger partial charge in [-0.05, 0) is 56.3 Å². The summed E-state index contributed by atoms with van der Waals surface area (Å²) >= 11 is 0. The van der Waals surface area contributed by atoms with Crippen LogP contribution in [-0.2, 0) is 71.9 Å². The van der Waals surface area contributed by atoms with E-state index >= 15 is 0 Å². The van der Waals surface area contributed by atoms with E-state index in [1.165, 1.54) is 39.2 Å². The van der Waals surface area contributed by atoms with Crippen LogP contribution in [0.4, 0.5) is 0 Å². The first-order chi connectivity index (χ1) is 48.7. The van der Waals surface area contributed by atoms with Crippen LogP contribution in [0.25, 0.3) is 0 Å². The molecule has 3 aliphatic heterocycles. The van der Waals surface area contributed by atoms with Crippen LogP contribution >= 0.6 is 0 Å². The Balaban J connectivity index is 0.000000810. The van der Waals surface area contributed by atoms with Gasteiger partial charge in [-0.15, -0.1) is 0 Å². The van der Waals surface area contributed by atoms with Gasteiger partial charge >= 0.3 is 0 Å². The average molecular weight is 1490 g/mol. The number of hydrogen-bond acceptors (Lipinski definition) is 15. The van der Waals surface area contributed by atoms with Gasteiger partial charge in [-0.25, -0.2) is 0 Å². The number of rotatable bonds is 33. The van der Waals surface area contributed by atoms with Crippen molar-refractivity contribution in [1.29, 1.82) is 0 Å². The van der Waals surface area contributed by atoms with Crippen LogP contribution in [0.2, 0.25) is 0 Å². The highest BCUT2D eigenvalue weighted by Crippen LogP contribution is 2.27. The highest BCUT2D eigenvalue weighted by molar-refractivity contribution is 5.88. The van der Waals surface area contributed by atoms with E-state index in [0.29, 0.717) is 38.0 Å². The Bertz CT molecular complexity index is 2810. The quantitative estimate of drug-likeness (QED) is 0.0418. The highest BCUT2D eigenvalue weighted by Gasteiger charge is 2.39. The van der Waals surface area contributed by atoms with Gasteiger partial charge in [-0.2, -0.15) is 0 Å². The van der Waals surface area contributed by atoms with Crippen molar-refractivity contribution in [1.82, 2.24) is 76.0 Å². The molecule has 105 heavy (non-hydrogen) atoms. The van der Waals surface area contributed by atoms with E-state index in [0.717, 1.165) is 0 Å². The zero-order valence-corrected chi connectivity index (χ0v) is 68.2. The number of nitrogens with one attached hydrogen (secondary N) is 6. The molecule has 0 bridgehead atoms. The van der Waals surface area contributed by atoms with Crippen LogP contribution in [0.3, 0.4) is 0 Å². The molecule has 3 fully saturated rings. The summed E-state index contributed by atoms with van der Waals surface area (Å²) in [7, 11) is 0. The number of amides is 15. The summed E-state index contributed by atoms with van der Waals surface area (Å²) in [5, 5.41) is 16.0. The molecule has 3 saturated heterocycles. The lowest BCUT2D eigenvalue weighted by atomic mass is 9.91. The molecule has 30 nitrogen and oxygen atoms in total. The van der Waals surface area contributed by atoms with Crippen LogP contribution in [0.15, 0.2) is 0 Å². The van der Waals surface area contributed by atoms with Crippen LogP contribution in [0.1, 0.15) is 224 Å². The Morgan fingerprint density at radius 3 is 0.667 bits per heavy atom. The first-order valence-corrected chi connectivity index (χ1v) is 37.9. The molecule has 0 aliphatic carbocycles. The summed E-state index contributed by atoms with van der Waals surface area (Å²) in [6, 6.07) is 0. The maximum absolute atomic E-state index is 14.0. The standard InChI is InChI=1S/C31H54N6O6.C25H45N5O5.C19H36N4O4/c1-20(2)13-25(31(43)37-18-35(29(41)23(7)8)17-36(19-37)30(42)24(9)10)11-12-26(38)32-14-33(27(39)21(3)4)16-34(15-32)28(40)22(5)6;1-16(2)11-20(23(33)27-12-26-22(32)17(3)4)9-10-21(31)28-13-29(24(34)18(5)6)15-30(14-28)25(35)19(7)8;1-12(2)9-15(19(27)23-11-22-18(26)14(5)6)7-8-16(24)20-10-21-17(25)13(3)4/h20-25H,11-19H2,1-10H3;16-20H,9-15H2,1-8H3,(H,26,32)(H,27,33);12-15H,7-11H2,1-6H3,(H,20,24)(H,21,25)(H,22,26)(H,23,27). The minimum atomic E-state index is -0.499. The Labute approximate surface area is 626 Å². The number of hydrogen-bond donors (Lipinski definition) is 6. The fraction of sp³-hybridized carbons (Fsp3) is 0.800. The summed E-state index contributed by atoms with van der Waals surface area (Å²) < 4.78 is 0. The smallest absolute Gasteiger partial charge is 0.228 e. The van der Waals surface area contributed by atoms with Gasteiger partial charge in [0.05, 0.1) is 80.0 Å². The molecule has 3 heterocycles. The largest absolute Gasteiger partial charge is 0.339 e. The molecule has 0 radical (unpaired) electrons. The molecular formula is C75H135N15O15. The number of carbonyl (C=O) groups is 15. The minimum absolute atomic E-state index is 0.0447. The van der Waals surface area contributed by atoms with Crippen molar-refractivity contribution in [3.8, 4) is 0 Å². The van der Waals surface area contributed by atoms with Crippen molar-refractivity contribution < 1.29 is 71.9 Å². The summed E-state index contributed by atoms with van der Waals surface area (Å²) in [5.74, 6) is -5.02. The van der Waals surface area contributed by atoms with E-state index in [1.54, 1.807) is 130 Å². The molecule has 3 aliphatic rings. The van der Waals surface area contributed by atoms with Gasteiger partial charge in [0.1, 0.15) is 0 Å². The zero-order chi connectivity index (χ0) is 80.6. The lowest BCUT2D eigenvalue weighted by molar-refractivity contribution is -0.165. The number of carbonyl (C=O) groups excluding carboxylic acids is 15. The van der Waals surface area contributed by atoms with E-state index in [-0.39, 0.29) is 271 Å². The van der Waals surface area contributed by atoms with Crippen LogP contribution < -0.4 is 31.9 Å². The topological polar surface area (TPSA) is 357 Å². The van der Waals surface area contributed by atoms with Crippen molar-refractivity contribution in [2.24, 2.45) is 88.8 Å². The first-order valence-electron chi connectivity index (χ1n) is 37.9. The summed E-state index contributed by atoms with van der Waals surface area (Å²) in [6.07, 6.45) is 3.20. The third-order valence-corrected chi connectivity index (χ3v) is 17.6. The van der Waals surface area contributed by atoms with Gasteiger partial charge in [0.15, 0.2) is 0 Å². The lowest BCUT2D eigenvalue weighted by Gasteiger charge is -2.44. The summed E-state index contributed by atoms with van der Waals surface area (Å²) in [5.41, 5.74) is 0. The van der Waals surface area contributed by atoms with Gasteiger partial charge in [0.25, 0.3) is 0 Å². The van der Waals surface area contributed by atoms with Crippen molar-refractivity contribution in [3.05, 3.63) is 0 Å². The van der Waals surface area contributed by atoms with Crippen molar-refractivity contribution >= 4 is 88.6 Å². The predicted octanol–water partition coefficient (Wildman–Crippen LogP) is 5.88. The molecule has 3 rings (SSSR count). The molecule has 15 amide bonds. The molecule has 30 heteroatoms. The van der Waals surface area contributed by atoms with E-state index in [1.807, 2.05) is 41.5 Å². The maximum atomic E-state index is 14.0. The second kappa shape index (κ2) is 46.9. The van der Waals surface area contributed by atoms with Gasteiger partial charge in [0.2, 0.25) is 88.6 Å². The van der Waals surface area contributed by atoms with Gasteiger partial charge in [0, 0.05) is 90.3 Å². The molecule has 3 unspecified atom stereocenters. The normalized spacial score (nSPS) is 15.1. The predicted molar refractivity (Wildman–Crippen MR) is 399 cm³/mol. The molecular weight excluding hydrogens is 1350 g/mol. The van der Waals surface area contributed by atoms with Gasteiger partial charge in [-0.3, -0.25) is 71.9 Å². The molecule has 0 spiro atoms. The fourth-order valence-electron chi connectivity index (χ4n) is 11.6. The van der Waals surface area contributed by atoms with E-state index in [4.69, 9.17) is 0 Å². The Morgan fingerprint density at radius 1 is 0.229 bits per heavy atom. The van der Waals surface area contributed by atoms with Crippen LogP contribution in [-0.4, -0.2) is 213 Å². The monoisotopic (exact) mass is 1490 g/mol. The average Bonchev–Trinajstić information content (AvgIpc) is 0.822. The summed E-state index contributed by atoms with van der Waals surface area (Å²) in [4.78, 5) is 203. The van der Waals surface area contributed by atoms with E-state index in [9.17, 15) is 71.9 Å². The molecule has 0 saturated carbocycles. The van der Waals surface area contributed by atoms with Crippen molar-refractivity contribution in [3.63, 3.8) is 0 Å². The SMILES string of the molecule is CC(C)CC(CCC(=O)N1CN(C(=O)C(C)C)CN(C(=O)C(C)C)C1)C(=O)N1CN(C(=O)C(C)C)CN(C(=O)C(C)C)C1.CC(C)CC(CCC(=O)N1CN(C(=O)C(C)C)CN(C(=O)C(C)C)C1)C(=O)NCNC(=O)C(C)C.CC(C)CC(CCC(=O)NCNC(=O)C(C)C)C(=O)NCNC(=O)C(C)C. The molecule has 0 aromatic rings. The Hall–Kier alpha value is -7.95. The molecule has 3 atom stereocenters. The van der Waals surface area contributed by atoms with E-state index in [2.05, 4.69) is 31.9 Å². The summed E-state index contributed by atoms with van der Waals surface area (Å²) in [6.45, 7) is 45.4. The third-order valence-electron chi connectivity index (χ3n) is 17.6. The molecule has 0 aromatic heterocycles. The van der Waals surface area contributed by atoms with E-state index < -0.39 is 5.92 Å². The first kappa shape index (κ1) is 95.1. The highest BCUT2D eigenvalue weighted by atomic mass is 16.2. The van der Waals surface area contributed by atoms with Crippen LogP contribution in [0.5, 0.6) is 0 Å².